The molecule has 1 atom stereocenters. The highest BCUT2D eigenvalue weighted by Gasteiger charge is 2.18. The maximum absolute atomic E-state index is 11.0. The van der Waals surface area contributed by atoms with Crippen molar-refractivity contribution < 1.29 is 4.92 Å². The Balaban J connectivity index is 2.28. The molecule has 0 aliphatic rings. The second-order valence-corrected chi connectivity index (χ2v) is 6.58. The van der Waals surface area contributed by atoms with E-state index in [1.165, 1.54) is 0 Å². The summed E-state index contributed by atoms with van der Waals surface area (Å²) in [5.41, 5.74) is 3.21. The minimum atomic E-state index is -0.330. The van der Waals surface area contributed by atoms with Gasteiger partial charge in [-0.15, -0.1) is 0 Å². The van der Waals surface area contributed by atoms with Crippen molar-refractivity contribution in [2.45, 2.75) is 18.2 Å². The molecule has 1 unspecified atom stereocenters. The van der Waals surface area contributed by atoms with E-state index in [0.29, 0.717) is 6.42 Å². The molecule has 2 aromatic carbocycles. The molecule has 0 spiro atoms. The van der Waals surface area contributed by atoms with E-state index in [-0.39, 0.29) is 15.4 Å². The topological polar surface area (TPSA) is 43.1 Å². The third-order valence-electron chi connectivity index (χ3n) is 3.16. The van der Waals surface area contributed by atoms with Gasteiger partial charge in [-0.3, -0.25) is 10.1 Å². The molecule has 0 aliphatic carbocycles. The highest BCUT2D eigenvalue weighted by Crippen LogP contribution is 2.33. The fourth-order valence-electron chi connectivity index (χ4n) is 2.16. The Morgan fingerprint density at radius 3 is 2.60 bits per heavy atom. The number of nitro benzene ring substituents is 1. The number of aryl methyl sites for hydroxylation is 1. The summed E-state index contributed by atoms with van der Waals surface area (Å²) in [6, 6.07) is 12.9. The van der Waals surface area contributed by atoms with Crippen molar-refractivity contribution in [2.75, 3.05) is 0 Å². The first kappa shape index (κ1) is 15.2. The molecule has 0 radical (unpaired) electrons. The van der Waals surface area contributed by atoms with E-state index in [9.17, 15) is 10.1 Å². The summed E-state index contributed by atoms with van der Waals surface area (Å²) in [5.74, 6) is 0. The first-order valence-electron chi connectivity index (χ1n) is 6.11. The van der Waals surface area contributed by atoms with Gasteiger partial charge < -0.3 is 0 Å². The average Bonchev–Trinajstić information content (AvgIpc) is 2.38. The number of benzene rings is 2. The predicted molar refractivity (Wildman–Crippen MR) is 87.3 cm³/mol. The Hall–Kier alpha value is -1.20. The zero-order valence-corrected chi connectivity index (χ0v) is 14.0. The van der Waals surface area contributed by atoms with Gasteiger partial charge in [0.2, 0.25) is 0 Å². The Bertz CT molecular complexity index is 644. The molecule has 5 heteroatoms. The van der Waals surface area contributed by atoms with Crippen molar-refractivity contribution in [1.29, 1.82) is 0 Å². The second kappa shape index (κ2) is 6.50. The summed E-state index contributed by atoms with van der Waals surface area (Å²) in [4.78, 5) is 10.8. The number of nitro groups is 1. The van der Waals surface area contributed by atoms with E-state index in [0.717, 1.165) is 21.2 Å². The van der Waals surface area contributed by atoms with Crippen LogP contribution in [0.4, 0.5) is 5.69 Å². The molecular weight excluding hydrogens is 386 g/mol. The molecule has 0 bridgehead atoms. The summed E-state index contributed by atoms with van der Waals surface area (Å²) in [6.07, 6.45) is 0.583. The lowest BCUT2D eigenvalue weighted by Gasteiger charge is -2.13. The van der Waals surface area contributed by atoms with Crippen LogP contribution in [-0.2, 0) is 6.42 Å². The molecule has 0 heterocycles. The van der Waals surface area contributed by atoms with Gasteiger partial charge in [0.15, 0.2) is 0 Å². The van der Waals surface area contributed by atoms with Crippen LogP contribution in [0.15, 0.2) is 46.9 Å². The number of halogens is 2. The molecule has 3 nitrogen and oxygen atoms in total. The molecule has 2 aromatic rings. The largest absolute Gasteiger partial charge is 0.272 e. The van der Waals surface area contributed by atoms with Gasteiger partial charge in [-0.05, 0) is 36.6 Å². The fourth-order valence-corrected chi connectivity index (χ4v) is 3.49. The van der Waals surface area contributed by atoms with Crippen LogP contribution >= 0.6 is 31.9 Å². The summed E-state index contributed by atoms with van der Waals surface area (Å²) in [6.45, 7) is 2.04. The molecule has 2 rings (SSSR count). The zero-order chi connectivity index (χ0) is 14.7. The lowest BCUT2D eigenvalue weighted by atomic mass is 9.99. The first-order chi connectivity index (χ1) is 9.49. The predicted octanol–water partition coefficient (Wildman–Crippen LogP) is 5.34. The normalized spacial score (nSPS) is 12.2. The van der Waals surface area contributed by atoms with Crippen molar-refractivity contribution in [1.82, 2.24) is 0 Å². The van der Waals surface area contributed by atoms with Crippen molar-refractivity contribution >= 4 is 37.5 Å². The van der Waals surface area contributed by atoms with Crippen molar-refractivity contribution in [3.05, 3.63) is 73.7 Å². The van der Waals surface area contributed by atoms with Gasteiger partial charge in [-0.25, -0.2) is 0 Å². The number of hydrogen-bond donors (Lipinski definition) is 0. The smallest absolute Gasteiger partial charge is 0.258 e. The molecule has 0 aromatic heterocycles. The van der Waals surface area contributed by atoms with Crippen LogP contribution in [0.2, 0.25) is 0 Å². The van der Waals surface area contributed by atoms with Crippen LogP contribution in [0.5, 0.6) is 0 Å². The maximum Gasteiger partial charge on any atom is 0.272 e. The van der Waals surface area contributed by atoms with Crippen molar-refractivity contribution in [3.63, 3.8) is 0 Å². The lowest BCUT2D eigenvalue weighted by Crippen LogP contribution is -2.01. The van der Waals surface area contributed by atoms with Crippen molar-refractivity contribution in [3.8, 4) is 0 Å². The van der Waals surface area contributed by atoms with E-state index < -0.39 is 0 Å². The van der Waals surface area contributed by atoms with Crippen LogP contribution < -0.4 is 0 Å². The summed E-state index contributed by atoms with van der Waals surface area (Å²) >= 11 is 7.08. The fraction of sp³-hybridized carbons (Fsp3) is 0.200. The van der Waals surface area contributed by atoms with Gasteiger partial charge in [0, 0.05) is 20.9 Å². The SMILES string of the molecule is Cc1cc(Br)ccc1C(Br)Cc1ccccc1[N+](=O)[O-]. The first-order valence-corrected chi connectivity index (χ1v) is 7.82. The molecule has 0 saturated heterocycles. The number of para-hydroxylation sites is 1. The molecule has 0 fully saturated rings. The minimum Gasteiger partial charge on any atom is -0.258 e. The number of nitrogens with zero attached hydrogens (tertiary/aromatic N) is 1. The number of alkyl halides is 1. The van der Waals surface area contributed by atoms with E-state index in [2.05, 4.69) is 31.9 Å². The summed E-state index contributed by atoms with van der Waals surface area (Å²) in [5, 5.41) is 11.0. The Morgan fingerprint density at radius 2 is 1.95 bits per heavy atom. The highest BCUT2D eigenvalue weighted by atomic mass is 79.9. The molecular formula is C15H13Br2NO2. The third kappa shape index (κ3) is 3.46. The molecule has 0 amide bonds. The molecule has 0 saturated carbocycles. The van der Waals surface area contributed by atoms with Gasteiger partial charge in [0.05, 0.1) is 4.92 Å². The van der Waals surface area contributed by atoms with Crippen LogP contribution in [-0.4, -0.2) is 4.92 Å². The van der Waals surface area contributed by atoms with Crippen LogP contribution in [0.1, 0.15) is 21.5 Å². The van der Waals surface area contributed by atoms with E-state index in [1.54, 1.807) is 18.2 Å². The van der Waals surface area contributed by atoms with Crippen LogP contribution in [0.25, 0.3) is 0 Å². The Morgan fingerprint density at radius 1 is 1.25 bits per heavy atom. The second-order valence-electron chi connectivity index (χ2n) is 4.56. The number of rotatable bonds is 4. The minimum absolute atomic E-state index is 0.0525. The van der Waals surface area contributed by atoms with E-state index >= 15 is 0 Å². The standard InChI is InChI=1S/C15H13Br2NO2/c1-10-8-12(16)6-7-13(10)14(17)9-11-4-2-3-5-15(11)18(19)20/h2-8,14H,9H2,1H3. The zero-order valence-electron chi connectivity index (χ0n) is 10.8. The third-order valence-corrected chi connectivity index (χ3v) is 4.47. The van der Waals surface area contributed by atoms with Gasteiger partial charge in [-0.1, -0.05) is 56.1 Å². The number of hydrogen-bond acceptors (Lipinski definition) is 2. The quantitative estimate of drug-likeness (QED) is 0.396. The van der Waals surface area contributed by atoms with Crippen molar-refractivity contribution in [2.24, 2.45) is 0 Å². The van der Waals surface area contributed by atoms with E-state index in [4.69, 9.17) is 0 Å². The Kier molecular flexibility index (Phi) is 4.94. The summed E-state index contributed by atoms with van der Waals surface area (Å²) in [7, 11) is 0. The molecule has 0 aliphatic heterocycles. The monoisotopic (exact) mass is 397 g/mol. The van der Waals surface area contributed by atoms with Crippen LogP contribution in [0.3, 0.4) is 0 Å². The lowest BCUT2D eigenvalue weighted by molar-refractivity contribution is -0.385. The molecule has 104 valence electrons. The van der Waals surface area contributed by atoms with E-state index in [1.807, 2.05) is 31.2 Å². The average molecular weight is 399 g/mol. The maximum atomic E-state index is 11.0. The van der Waals surface area contributed by atoms with Crippen LogP contribution in [0, 0.1) is 17.0 Å². The van der Waals surface area contributed by atoms with Gasteiger partial charge in [0.1, 0.15) is 0 Å². The Labute approximate surface area is 134 Å². The summed E-state index contributed by atoms with van der Waals surface area (Å²) < 4.78 is 1.03. The van der Waals surface area contributed by atoms with Gasteiger partial charge in [0.25, 0.3) is 5.69 Å². The highest BCUT2D eigenvalue weighted by molar-refractivity contribution is 9.10. The van der Waals surface area contributed by atoms with Gasteiger partial charge >= 0.3 is 0 Å². The molecule has 0 N–H and O–H groups in total. The van der Waals surface area contributed by atoms with Gasteiger partial charge in [-0.2, -0.15) is 0 Å². The molecule has 20 heavy (non-hydrogen) atoms.